The summed E-state index contributed by atoms with van der Waals surface area (Å²) in [7, 11) is 1.16. The van der Waals surface area contributed by atoms with Gasteiger partial charge in [-0.2, -0.15) is 23.4 Å². The molecule has 2 rings (SSSR count). The zero-order chi connectivity index (χ0) is 14.9. The van der Waals surface area contributed by atoms with Crippen LogP contribution in [0.15, 0.2) is 24.5 Å². The lowest BCUT2D eigenvalue weighted by Crippen LogP contribution is -2.24. The van der Waals surface area contributed by atoms with Crippen LogP contribution in [0.5, 0.6) is 0 Å². The smallest absolute Gasteiger partial charge is 0.307 e. The van der Waals surface area contributed by atoms with Crippen molar-refractivity contribution in [1.82, 2.24) is 19.6 Å². The molecule has 0 bridgehead atoms. The Labute approximate surface area is 112 Å². The monoisotopic (exact) mass is 287 g/mol. The van der Waals surface area contributed by atoms with E-state index in [4.69, 9.17) is 0 Å². The second kappa shape index (κ2) is 4.99. The number of aryl methyl sites for hydroxylation is 1. The van der Waals surface area contributed by atoms with Gasteiger partial charge in [0.25, 0.3) is 0 Å². The number of anilines is 1. The zero-order valence-corrected chi connectivity index (χ0v) is 10.7. The van der Waals surface area contributed by atoms with Gasteiger partial charge >= 0.3 is 6.18 Å². The molecule has 0 spiro atoms. The summed E-state index contributed by atoms with van der Waals surface area (Å²) in [4.78, 5) is 11.9. The summed E-state index contributed by atoms with van der Waals surface area (Å²) < 4.78 is 39.8. The summed E-state index contributed by atoms with van der Waals surface area (Å²) in [6, 6.07) is 1.78. The molecule has 1 unspecified atom stereocenters. The first-order chi connectivity index (χ1) is 9.29. The average Bonchev–Trinajstić information content (AvgIpc) is 2.96. The van der Waals surface area contributed by atoms with Crippen LogP contribution in [0.1, 0.15) is 18.7 Å². The number of hydrogen-bond donors (Lipinski definition) is 1. The quantitative estimate of drug-likeness (QED) is 0.936. The molecular formula is C11H12F3N5O. The third-order valence-electron chi connectivity index (χ3n) is 2.72. The number of alkyl halides is 3. The van der Waals surface area contributed by atoms with Gasteiger partial charge in [-0.25, -0.2) is 0 Å². The number of amides is 1. The molecule has 0 saturated heterocycles. The van der Waals surface area contributed by atoms with Crippen molar-refractivity contribution in [3.8, 4) is 0 Å². The first-order valence-corrected chi connectivity index (χ1v) is 5.70. The number of aromatic nitrogens is 4. The maximum absolute atomic E-state index is 12.6. The van der Waals surface area contributed by atoms with Crippen molar-refractivity contribution in [3.05, 3.63) is 30.2 Å². The topological polar surface area (TPSA) is 64.7 Å². The van der Waals surface area contributed by atoms with E-state index in [1.165, 1.54) is 10.9 Å². The van der Waals surface area contributed by atoms with Crippen molar-refractivity contribution in [2.24, 2.45) is 7.05 Å². The molecule has 2 aromatic heterocycles. The molecule has 2 heterocycles. The van der Waals surface area contributed by atoms with E-state index < -0.39 is 23.8 Å². The molecule has 9 heteroatoms. The molecule has 0 aliphatic heterocycles. The third-order valence-corrected chi connectivity index (χ3v) is 2.72. The van der Waals surface area contributed by atoms with Gasteiger partial charge in [0.1, 0.15) is 11.7 Å². The molecule has 1 N–H and O–H groups in total. The van der Waals surface area contributed by atoms with Gasteiger partial charge in [0.2, 0.25) is 5.91 Å². The summed E-state index contributed by atoms with van der Waals surface area (Å²) in [6.45, 7) is 1.58. The molecule has 0 aromatic carbocycles. The minimum Gasteiger partial charge on any atom is -0.307 e. The second-order valence-electron chi connectivity index (χ2n) is 4.19. The fourth-order valence-electron chi connectivity index (χ4n) is 1.65. The number of carbonyl (C=O) groups is 1. The molecule has 1 atom stereocenters. The Balaban J connectivity index is 2.13. The van der Waals surface area contributed by atoms with Crippen LogP contribution in [0.25, 0.3) is 0 Å². The number of nitrogens with zero attached hydrogens (tertiary/aromatic N) is 4. The number of nitrogens with one attached hydrogen (secondary N) is 1. The van der Waals surface area contributed by atoms with Crippen LogP contribution < -0.4 is 5.32 Å². The Morgan fingerprint density at radius 1 is 1.45 bits per heavy atom. The predicted molar refractivity (Wildman–Crippen MR) is 63.8 cm³/mol. The van der Waals surface area contributed by atoms with Gasteiger partial charge in [-0.05, 0) is 13.0 Å². The highest BCUT2D eigenvalue weighted by Crippen LogP contribution is 2.30. The maximum atomic E-state index is 12.6. The summed E-state index contributed by atoms with van der Waals surface area (Å²) in [5, 5.41) is 9.84. The number of carbonyl (C=O) groups excluding carboxylic acids is 1. The zero-order valence-electron chi connectivity index (χ0n) is 10.7. The van der Waals surface area contributed by atoms with Crippen LogP contribution in [0.4, 0.5) is 19.0 Å². The number of rotatable bonds is 3. The molecule has 0 saturated carbocycles. The van der Waals surface area contributed by atoms with Crippen molar-refractivity contribution >= 4 is 11.7 Å². The fraction of sp³-hybridized carbons (Fsp3) is 0.364. The SMILES string of the molecule is CC(C(=O)Nc1cc(C(F)(F)F)n(C)n1)n1cccn1. The lowest BCUT2D eigenvalue weighted by molar-refractivity contribution is -0.143. The highest BCUT2D eigenvalue weighted by Gasteiger charge is 2.35. The molecule has 0 radical (unpaired) electrons. The molecule has 108 valence electrons. The summed E-state index contributed by atoms with van der Waals surface area (Å²) >= 11 is 0. The Morgan fingerprint density at radius 2 is 2.15 bits per heavy atom. The van der Waals surface area contributed by atoms with Crippen molar-refractivity contribution in [2.75, 3.05) is 5.32 Å². The summed E-state index contributed by atoms with van der Waals surface area (Å²) in [5.41, 5.74) is -0.931. The van der Waals surface area contributed by atoms with Crippen LogP contribution in [-0.2, 0) is 18.0 Å². The maximum Gasteiger partial charge on any atom is 0.433 e. The number of hydrogen-bond acceptors (Lipinski definition) is 3. The Morgan fingerprint density at radius 3 is 2.65 bits per heavy atom. The second-order valence-corrected chi connectivity index (χ2v) is 4.19. The molecule has 0 fully saturated rings. The largest absolute Gasteiger partial charge is 0.433 e. The van der Waals surface area contributed by atoms with E-state index >= 15 is 0 Å². The lowest BCUT2D eigenvalue weighted by Gasteiger charge is -2.10. The van der Waals surface area contributed by atoms with E-state index in [0.29, 0.717) is 4.68 Å². The molecule has 20 heavy (non-hydrogen) atoms. The van der Waals surface area contributed by atoms with Crippen LogP contribution >= 0.6 is 0 Å². The molecule has 6 nitrogen and oxygen atoms in total. The van der Waals surface area contributed by atoms with Gasteiger partial charge in [0.15, 0.2) is 5.82 Å². The van der Waals surface area contributed by atoms with Crippen molar-refractivity contribution in [2.45, 2.75) is 19.1 Å². The van der Waals surface area contributed by atoms with Gasteiger partial charge < -0.3 is 5.32 Å². The van der Waals surface area contributed by atoms with E-state index in [1.807, 2.05) is 0 Å². The van der Waals surface area contributed by atoms with Crippen molar-refractivity contribution in [3.63, 3.8) is 0 Å². The van der Waals surface area contributed by atoms with E-state index in [0.717, 1.165) is 13.1 Å². The van der Waals surface area contributed by atoms with E-state index in [1.54, 1.807) is 19.2 Å². The molecule has 1 amide bonds. The van der Waals surface area contributed by atoms with Crippen molar-refractivity contribution < 1.29 is 18.0 Å². The molecular weight excluding hydrogens is 275 g/mol. The van der Waals surface area contributed by atoms with E-state index in [-0.39, 0.29) is 5.82 Å². The Hall–Kier alpha value is -2.32. The molecule has 2 aromatic rings. The van der Waals surface area contributed by atoms with Gasteiger partial charge in [-0.1, -0.05) is 0 Å². The number of halogens is 3. The standard InChI is InChI=1S/C11H12F3N5O/c1-7(19-5-3-4-15-19)10(20)16-9-6-8(11(12,13)14)18(2)17-9/h3-7H,1-2H3,(H,16,17,20). The average molecular weight is 287 g/mol. The fourth-order valence-corrected chi connectivity index (χ4v) is 1.65. The van der Waals surface area contributed by atoms with Gasteiger partial charge in [0, 0.05) is 25.5 Å². The van der Waals surface area contributed by atoms with Crippen LogP contribution in [0, 0.1) is 0 Å². The third kappa shape index (κ3) is 2.81. The Kier molecular flexibility index (Phi) is 3.51. The van der Waals surface area contributed by atoms with Gasteiger partial charge in [-0.3, -0.25) is 14.2 Å². The van der Waals surface area contributed by atoms with Gasteiger partial charge in [-0.15, -0.1) is 0 Å². The van der Waals surface area contributed by atoms with E-state index in [2.05, 4.69) is 15.5 Å². The van der Waals surface area contributed by atoms with Crippen LogP contribution in [0.3, 0.4) is 0 Å². The van der Waals surface area contributed by atoms with Crippen LogP contribution in [-0.4, -0.2) is 25.5 Å². The summed E-state index contributed by atoms with van der Waals surface area (Å²) in [6.07, 6.45) is -1.42. The minimum absolute atomic E-state index is 0.149. The Bertz CT molecular complexity index is 602. The van der Waals surface area contributed by atoms with E-state index in [9.17, 15) is 18.0 Å². The van der Waals surface area contributed by atoms with Gasteiger partial charge in [0.05, 0.1) is 0 Å². The first-order valence-electron chi connectivity index (χ1n) is 5.70. The highest BCUT2D eigenvalue weighted by atomic mass is 19.4. The first kappa shape index (κ1) is 14.1. The predicted octanol–water partition coefficient (Wildman–Crippen LogP) is 1.84. The summed E-state index contributed by atoms with van der Waals surface area (Å²) in [5.74, 6) is -0.649. The normalized spacial score (nSPS) is 13.2. The lowest BCUT2D eigenvalue weighted by atomic mass is 10.3. The highest BCUT2D eigenvalue weighted by molar-refractivity contribution is 5.92. The van der Waals surface area contributed by atoms with Crippen molar-refractivity contribution in [1.29, 1.82) is 0 Å². The molecule has 0 aliphatic rings. The minimum atomic E-state index is -4.52. The van der Waals surface area contributed by atoms with Crippen LogP contribution in [0.2, 0.25) is 0 Å². The molecule has 0 aliphatic carbocycles.